The van der Waals surface area contributed by atoms with Crippen molar-refractivity contribution in [2.24, 2.45) is 5.92 Å². The Hall–Kier alpha value is -4.14. The van der Waals surface area contributed by atoms with Gasteiger partial charge in [-0.15, -0.1) is 0 Å². The summed E-state index contributed by atoms with van der Waals surface area (Å²) in [6.07, 6.45) is 3.49. The molecular formula is C29H35NO8. The second-order valence-corrected chi connectivity index (χ2v) is 8.93. The number of amides is 1. The second-order valence-electron chi connectivity index (χ2n) is 8.93. The summed E-state index contributed by atoms with van der Waals surface area (Å²) in [6, 6.07) is 7.03. The van der Waals surface area contributed by atoms with E-state index >= 15 is 0 Å². The van der Waals surface area contributed by atoms with Crippen LogP contribution in [-0.4, -0.2) is 72.3 Å². The standard InChI is InChI=1S/C29H35NO8/c1-17(2)29(32)30-15-20(9-18-11-22(33-3)27(37-7)23(12-18)34-4)26(31)21(16-30)10-19-13-24(35-5)28(38-8)25(14-19)36-6/h9-14,17H,15-16H2,1-8H3/b20-9+,21-10+. The van der Waals surface area contributed by atoms with E-state index in [0.717, 1.165) is 0 Å². The van der Waals surface area contributed by atoms with Gasteiger partial charge in [-0.25, -0.2) is 0 Å². The number of ether oxygens (including phenoxy) is 6. The number of hydrogen-bond acceptors (Lipinski definition) is 8. The third kappa shape index (κ3) is 5.88. The van der Waals surface area contributed by atoms with Gasteiger partial charge in [-0.1, -0.05) is 13.8 Å². The van der Waals surface area contributed by atoms with Gasteiger partial charge in [-0.2, -0.15) is 0 Å². The number of carbonyl (C=O) groups excluding carboxylic acids is 2. The van der Waals surface area contributed by atoms with Crippen LogP contribution in [0.2, 0.25) is 0 Å². The maximum atomic E-state index is 13.7. The number of likely N-dealkylation sites (tertiary alicyclic amines) is 1. The maximum absolute atomic E-state index is 13.7. The van der Waals surface area contributed by atoms with Crippen LogP contribution in [0.3, 0.4) is 0 Å². The molecule has 0 bridgehead atoms. The molecule has 0 N–H and O–H groups in total. The fourth-order valence-electron chi connectivity index (χ4n) is 4.33. The lowest BCUT2D eigenvalue weighted by atomic mass is 9.93. The molecule has 0 spiro atoms. The van der Waals surface area contributed by atoms with Crippen LogP contribution in [0.5, 0.6) is 34.5 Å². The highest BCUT2D eigenvalue weighted by Gasteiger charge is 2.30. The van der Waals surface area contributed by atoms with Crippen molar-refractivity contribution < 1.29 is 38.0 Å². The summed E-state index contributed by atoms with van der Waals surface area (Å²) < 4.78 is 32.7. The van der Waals surface area contributed by atoms with Crippen molar-refractivity contribution in [3.8, 4) is 34.5 Å². The van der Waals surface area contributed by atoms with E-state index in [-0.39, 0.29) is 30.7 Å². The van der Waals surface area contributed by atoms with Gasteiger partial charge in [-0.3, -0.25) is 9.59 Å². The lowest BCUT2D eigenvalue weighted by Crippen LogP contribution is -2.43. The van der Waals surface area contributed by atoms with Gasteiger partial charge < -0.3 is 33.3 Å². The summed E-state index contributed by atoms with van der Waals surface area (Å²) >= 11 is 0. The number of benzene rings is 2. The molecule has 38 heavy (non-hydrogen) atoms. The summed E-state index contributed by atoms with van der Waals surface area (Å²) in [5.41, 5.74) is 2.26. The van der Waals surface area contributed by atoms with Crippen LogP contribution >= 0.6 is 0 Å². The van der Waals surface area contributed by atoms with Crippen LogP contribution in [0, 0.1) is 5.92 Å². The number of methoxy groups -OCH3 is 6. The zero-order valence-corrected chi connectivity index (χ0v) is 23.2. The molecule has 1 heterocycles. The van der Waals surface area contributed by atoms with E-state index in [0.29, 0.717) is 56.8 Å². The molecule has 0 radical (unpaired) electrons. The number of ketones is 1. The Bertz CT molecular complexity index is 1130. The Kier molecular flexibility index (Phi) is 9.28. The molecule has 9 heteroatoms. The first-order valence-corrected chi connectivity index (χ1v) is 12.1. The molecule has 0 saturated carbocycles. The van der Waals surface area contributed by atoms with E-state index in [4.69, 9.17) is 28.4 Å². The lowest BCUT2D eigenvalue weighted by molar-refractivity contribution is -0.134. The van der Waals surface area contributed by atoms with E-state index in [1.807, 2.05) is 13.8 Å². The van der Waals surface area contributed by atoms with Crippen LogP contribution in [0.4, 0.5) is 0 Å². The molecule has 2 aromatic rings. The van der Waals surface area contributed by atoms with Crippen molar-refractivity contribution in [1.29, 1.82) is 0 Å². The van der Waals surface area contributed by atoms with Crippen LogP contribution in [0.1, 0.15) is 25.0 Å². The van der Waals surface area contributed by atoms with Gasteiger partial charge in [0, 0.05) is 30.2 Å². The summed E-state index contributed by atoms with van der Waals surface area (Å²) in [5, 5.41) is 0. The van der Waals surface area contributed by atoms with Crippen LogP contribution in [0.25, 0.3) is 12.2 Å². The van der Waals surface area contributed by atoms with Crippen LogP contribution in [0.15, 0.2) is 35.4 Å². The highest BCUT2D eigenvalue weighted by atomic mass is 16.5. The summed E-state index contributed by atoms with van der Waals surface area (Å²) in [6.45, 7) is 4.03. The average Bonchev–Trinajstić information content (AvgIpc) is 2.93. The molecule has 1 aliphatic rings. The fraction of sp³-hybridized carbons (Fsp3) is 0.379. The summed E-state index contributed by atoms with van der Waals surface area (Å²) in [5.74, 6) is 2.31. The highest BCUT2D eigenvalue weighted by molar-refractivity contribution is 6.15. The van der Waals surface area contributed by atoms with Gasteiger partial charge in [0.05, 0.1) is 42.7 Å². The SMILES string of the molecule is COc1cc(/C=C2\CN(C(=O)C(C)C)C/C(=C\c3cc(OC)c(OC)c(OC)c3)C2=O)cc(OC)c1OC. The molecule has 0 unspecified atom stereocenters. The van der Waals surface area contributed by atoms with Crippen LogP contribution in [-0.2, 0) is 9.59 Å². The quantitative estimate of drug-likeness (QED) is 0.448. The monoisotopic (exact) mass is 525 g/mol. The first-order valence-electron chi connectivity index (χ1n) is 12.1. The van der Waals surface area contributed by atoms with Crippen molar-refractivity contribution in [2.45, 2.75) is 13.8 Å². The largest absolute Gasteiger partial charge is 0.493 e. The Labute approximate surface area is 223 Å². The molecule has 3 rings (SSSR count). The average molecular weight is 526 g/mol. The van der Waals surface area contributed by atoms with Gasteiger partial charge in [0.2, 0.25) is 17.4 Å². The fourth-order valence-corrected chi connectivity index (χ4v) is 4.33. The van der Waals surface area contributed by atoms with Crippen molar-refractivity contribution in [3.05, 3.63) is 46.5 Å². The maximum Gasteiger partial charge on any atom is 0.225 e. The molecular weight excluding hydrogens is 490 g/mol. The van der Waals surface area contributed by atoms with E-state index < -0.39 is 0 Å². The zero-order chi connectivity index (χ0) is 28.0. The number of rotatable bonds is 9. The Morgan fingerprint density at radius 3 is 1.29 bits per heavy atom. The first kappa shape index (κ1) is 28.4. The van der Waals surface area contributed by atoms with E-state index in [9.17, 15) is 9.59 Å². The molecule has 1 fully saturated rings. The summed E-state index contributed by atoms with van der Waals surface area (Å²) in [4.78, 5) is 28.4. The van der Waals surface area contributed by atoms with E-state index in [2.05, 4.69) is 0 Å². The lowest BCUT2D eigenvalue weighted by Gasteiger charge is -2.31. The summed E-state index contributed by atoms with van der Waals surface area (Å²) in [7, 11) is 9.17. The number of carbonyl (C=O) groups is 2. The minimum Gasteiger partial charge on any atom is -0.493 e. The normalized spacial score (nSPS) is 15.6. The predicted molar refractivity (Wildman–Crippen MR) is 145 cm³/mol. The molecule has 204 valence electrons. The smallest absolute Gasteiger partial charge is 0.225 e. The van der Waals surface area contributed by atoms with Crippen molar-refractivity contribution >= 4 is 23.8 Å². The molecule has 1 saturated heterocycles. The van der Waals surface area contributed by atoms with Crippen LogP contribution < -0.4 is 28.4 Å². The minimum absolute atomic E-state index is 0.0518. The van der Waals surface area contributed by atoms with Crippen molar-refractivity contribution in [1.82, 2.24) is 4.90 Å². The van der Waals surface area contributed by atoms with Gasteiger partial charge in [-0.05, 0) is 47.5 Å². The number of Topliss-reactive ketones (excluding diaryl/α,β-unsaturated/α-hetero) is 1. The third-order valence-corrected chi connectivity index (χ3v) is 6.17. The van der Waals surface area contributed by atoms with E-state index in [1.165, 1.54) is 42.7 Å². The van der Waals surface area contributed by atoms with Gasteiger partial charge in [0.1, 0.15) is 0 Å². The Balaban J connectivity index is 2.14. The van der Waals surface area contributed by atoms with E-state index in [1.54, 1.807) is 41.3 Å². The molecule has 1 amide bonds. The van der Waals surface area contributed by atoms with Gasteiger partial charge in [0.15, 0.2) is 28.8 Å². The number of piperidine rings is 1. The van der Waals surface area contributed by atoms with Crippen molar-refractivity contribution in [2.75, 3.05) is 55.7 Å². The second kappa shape index (κ2) is 12.4. The van der Waals surface area contributed by atoms with Gasteiger partial charge in [0.25, 0.3) is 0 Å². The topological polar surface area (TPSA) is 92.8 Å². The predicted octanol–water partition coefficient (Wildman–Crippen LogP) is 4.27. The molecule has 0 atom stereocenters. The molecule has 1 aliphatic heterocycles. The minimum atomic E-state index is -0.229. The molecule has 0 aliphatic carbocycles. The number of nitrogens with zero attached hydrogens (tertiary/aromatic N) is 1. The highest BCUT2D eigenvalue weighted by Crippen LogP contribution is 2.40. The molecule has 9 nitrogen and oxygen atoms in total. The van der Waals surface area contributed by atoms with Crippen molar-refractivity contribution in [3.63, 3.8) is 0 Å². The number of hydrogen-bond donors (Lipinski definition) is 0. The molecule has 0 aromatic heterocycles. The first-order chi connectivity index (χ1) is 18.2. The Morgan fingerprint density at radius 2 is 1.03 bits per heavy atom. The van der Waals surface area contributed by atoms with Gasteiger partial charge >= 0.3 is 0 Å². The molecule has 2 aromatic carbocycles. The third-order valence-electron chi connectivity index (χ3n) is 6.17. The zero-order valence-electron chi connectivity index (χ0n) is 23.2. The Morgan fingerprint density at radius 1 is 0.684 bits per heavy atom.